The minimum absolute atomic E-state index is 0.0133. The van der Waals surface area contributed by atoms with Gasteiger partial charge in [0.2, 0.25) is 10.0 Å². The fourth-order valence-corrected chi connectivity index (χ4v) is 4.40. The van der Waals surface area contributed by atoms with Crippen molar-refractivity contribution in [2.75, 3.05) is 13.6 Å². The normalized spacial score (nSPS) is 17.9. The summed E-state index contributed by atoms with van der Waals surface area (Å²) in [4.78, 5) is -0.0488. The number of nitriles is 1. The Kier molecular flexibility index (Phi) is 4.59. The van der Waals surface area contributed by atoms with E-state index in [0.717, 1.165) is 17.1 Å². The minimum Gasteiger partial charge on any atom is -0.389 e. The summed E-state index contributed by atoms with van der Waals surface area (Å²) in [5, 5.41) is 19.1. The van der Waals surface area contributed by atoms with E-state index in [0.29, 0.717) is 18.4 Å². The molecule has 7 heteroatoms. The number of aliphatic hydroxyl groups is 1. The van der Waals surface area contributed by atoms with Gasteiger partial charge in [-0.1, -0.05) is 24.4 Å². The topological polar surface area (TPSA) is 81.4 Å². The van der Waals surface area contributed by atoms with E-state index < -0.39 is 15.6 Å². The zero-order valence-electron chi connectivity index (χ0n) is 11.7. The van der Waals surface area contributed by atoms with Gasteiger partial charge in [0.05, 0.1) is 22.3 Å². The molecule has 0 saturated heterocycles. The van der Waals surface area contributed by atoms with Gasteiger partial charge in [-0.3, -0.25) is 0 Å². The van der Waals surface area contributed by atoms with Crippen molar-refractivity contribution in [3.8, 4) is 6.07 Å². The third kappa shape index (κ3) is 3.38. The Morgan fingerprint density at radius 3 is 2.57 bits per heavy atom. The molecule has 0 aliphatic heterocycles. The standard InChI is InChI=1S/C14H17ClN2O3S/c1-17(10-14(18)6-2-3-7-14)21(19,20)13-5-4-11(9-16)8-12(13)15/h4-5,8,18H,2-3,6-7,10H2,1H3. The molecule has 114 valence electrons. The maximum absolute atomic E-state index is 12.5. The monoisotopic (exact) mass is 328 g/mol. The molecule has 0 radical (unpaired) electrons. The van der Waals surface area contributed by atoms with Crippen molar-refractivity contribution < 1.29 is 13.5 Å². The highest BCUT2D eigenvalue weighted by Gasteiger charge is 2.36. The second-order valence-electron chi connectivity index (χ2n) is 5.45. The first-order valence-corrected chi connectivity index (χ1v) is 8.49. The molecular weight excluding hydrogens is 312 g/mol. The van der Waals surface area contributed by atoms with E-state index in [1.165, 1.54) is 25.2 Å². The third-order valence-electron chi connectivity index (χ3n) is 3.80. The maximum Gasteiger partial charge on any atom is 0.244 e. The molecule has 1 aliphatic carbocycles. The van der Waals surface area contributed by atoms with Crippen molar-refractivity contribution in [2.45, 2.75) is 36.2 Å². The van der Waals surface area contributed by atoms with Crippen LogP contribution in [0.3, 0.4) is 0 Å². The number of halogens is 1. The summed E-state index contributed by atoms with van der Waals surface area (Å²) in [6.07, 6.45) is 3.02. The van der Waals surface area contributed by atoms with Gasteiger partial charge in [-0.25, -0.2) is 8.42 Å². The van der Waals surface area contributed by atoms with Crippen LogP contribution in [0.4, 0.5) is 0 Å². The van der Waals surface area contributed by atoms with E-state index in [1.807, 2.05) is 6.07 Å². The van der Waals surface area contributed by atoms with Crippen LogP contribution in [0.1, 0.15) is 31.2 Å². The van der Waals surface area contributed by atoms with Crippen molar-refractivity contribution in [1.82, 2.24) is 4.31 Å². The number of hydrogen-bond acceptors (Lipinski definition) is 4. The highest BCUT2D eigenvalue weighted by atomic mass is 35.5. The van der Waals surface area contributed by atoms with Gasteiger partial charge < -0.3 is 5.11 Å². The summed E-state index contributed by atoms with van der Waals surface area (Å²) >= 11 is 5.97. The molecule has 0 amide bonds. The van der Waals surface area contributed by atoms with Gasteiger partial charge in [0.25, 0.3) is 0 Å². The number of likely N-dealkylation sites (N-methyl/N-ethyl adjacent to an activating group) is 1. The lowest BCUT2D eigenvalue weighted by Gasteiger charge is -2.28. The SMILES string of the molecule is CN(CC1(O)CCCC1)S(=O)(=O)c1ccc(C#N)cc1Cl. The molecule has 21 heavy (non-hydrogen) atoms. The van der Waals surface area contributed by atoms with Crippen LogP contribution in [0.25, 0.3) is 0 Å². The highest BCUT2D eigenvalue weighted by Crippen LogP contribution is 2.32. The molecular formula is C14H17ClN2O3S. The lowest BCUT2D eigenvalue weighted by molar-refractivity contribution is 0.0333. The molecule has 0 atom stereocenters. The van der Waals surface area contributed by atoms with E-state index in [-0.39, 0.29) is 16.5 Å². The molecule has 0 spiro atoms. The molecule has 1 N–H and O–H groups in total. The molecule has 1 saturated carbocycles. The smallest absolute Gasteiger partial charge is 0.244 e. The number of benzene rings is 1. The molecule has 0 unspecified atom stereocenters. The second kappa shape index (κ2) is 5.93. The predicted octanol–water partition coefficient (Wildman–Crippen LogP) is 2.14. The van der Waals surface area contributed by atoms with Gasteiger partial charge in [-0.05, 0) is 31.0 Å². The van der Waals surface area contributed by atoms with Crippen molar-refractivity contribution >= 4 is 21.6 Å². The zero-order chi connectivity index (χ0) is 15.7. The molecule has 1 fully saturated rings. The van der Waals surface area contributed by atoms with E-state index in [2.05, 4.69) is 0 Å². The van der Waals surface area contributed by atoms with Gasteiger partial charge in [0.1, 0.15) is 4.90 Å². The Hall–Kier alpha value is -1.13. The molecule has 1 aromatic rings. The van der Waals surface area contributed by atoms with Gasteiger partial charge in [0, 0.05) is 13.6 Å². The molecule has 0 bridgehead atoms. The van der Waals surface area contributed by atoms with Crippen molar-refractivity contribution in [1.29, 1.82) is 5.26 Å². The van der Waals surface area contributed by atoms with Crippen LogP contribution >= 0.6 is 11.6 Å². The van der Waals surface area contributed by atoms with Gasteiger partial charge >= 0.3 is 0 Å². The van der Waals surface area contributed by atoms with E-state index in [9.17, 15) is 13.5 Å². The summed E-state index contributed by atoms with van der Waals surface area (Å²) < 4.78 is 26.2. The van der Waals surface area contributed by atoms with Crippen LogP contribution in [0, 0.1) is 11.3 Å². The summed E-state index contributed by atoms with van der Waals surface area (Å²) in [7, 11) is -2.36. The first-order valence-electron chi connectivity index (χ1n) is 6.67. The summed E-state index contributed by atoms with van der Waals surface area (Å²) in [6.45, 7) is 0.0473. The first-order chi connectivity index (χ1) is 9.78. The molecule has 0 aromatic heterocycles. The van der Waals surface area contributed by atoms with Gasteiger partial charge in [-0.15, -0.1) is 0 Å². The Morgan fingerprint density at radius 1 is 1.43 bits per heavy atom. The number of nitrogens with zero attached hydrogens (tertiary/aromatic N) is 2. The van der Waals surface area contributed by atoms with Crippen molar-refractivity contribution in [3.05, 3.63) is 28.8 Å². The first kappa shape index (κ1) is 16.2. The predicted molar refractivity (Wildman–Crippen MR) is 79.4 cm³/mol. The lowest BCUT2D eigenvalue weighted by Crippen LogP contribution is -2.42. The molecule has 1 aliphatic rings. The third-order valence-corrected chi connectivity index (χ3v) is 6.09. The fourth-order valence-electron chi connectivity index (χ4n) is 2.64. The van der Waals surface area contributed by atoms with Crippen molar-refractivity contribution in [2.24, 2.45) is 0 Å². The zero-order valence-corrected chi connectivity index (χ0v) is 13.3. The van der Waals surface area contributed by atoms with Crippen LogP contribution in [0.15, 0.2) is 23.1 Å². The Morgan fingerprint density at radius 2 is 2.05 bits per heavy atom. The van der Waals surface area contributed by atoms with Crippen molar-refractivity contribution in [3.63, 3.8) is 0 Å². The lowest BCUT2D eigenvalue weighted by atomic mass is 10.0. The fraction of sp³-hybridized carbons (Fsp3) is 0.500. The van der Waals surface area contributed by atoms with Gasteiger partial charge in [-0.2, -0.15) is 9.57 Å². The second-order valence-corrected chi connectivity index (χ2v) is 7.87. The van der Waals surface area contributed by atoms with Crippen LogP contribution < -0.4 is 0 Å². The van der Waals surface area contributed by atoms with E-state index in [4.69, 9.17) is 16.9 Å². The Balaban J connectivity index is 2.27. The largest absolute Gasteiger partial charge is 0.389 e. The van der Waals surface area contributed by atoms with E-state index >= 15 is 0 Å². The van der Waals surface area contributed by atoms with Crippen LogP contribution in [0.5, 0.6) is 0 Å². The Bertz CT molecular complexity index is 676. The van der Waals surface area contributed by atoms with Crippen LogP contribution in [-0.2, 0) is 10.0 Å². The molecule has 0 heterocycles. The molecule has 2 rings (SSSR count). The number of rotatable bonds is 4. The summed E-state index contributed by atoms with van der Waals surface area (Å²) in [5.74, 6) is 0. The van der Waals surface area contributed by atoms with E-state index in [1.54, 1.807) is 0 Å². The average Bonchev–Trinajstić information content (AvgIpc) is 2.84. The highest BCUT2D eigenvalue weighted by molar-refractivity contribution is 7.89. The van der Waals surface area contributed by atoms with Gasteiger partial charge in [0.15, 0.2) is 0 Å². The van der Waals surface area contributed by atoms with Crippen LogP contribution in [-0.4, -0.2) is 37.0 Å². The van der Waals surface area contributed by atoms with Crippen LogP contribution in [0.2, 0.25) is 5.02 Å². The number of sulfonamides is 1. The maximum atomic E-state index is 12.5. The Labute approximate surface area is 129 Å². The summed E-state index contributed by atoms with van der Waals surface area (Å²) in [5.41, 5.74) is -0.656. The summed E-state index contributed by atoms with van der Waals surface area (Å²) in [6, 6.07) is 5.97. The quantitative estimate of drug-likeness (QED) is 0.918. The minimum atomic E-state index is -3.79. The molecule has 1 aromatic carbocycles. The average molecular weight is 329 g/mol. The molecule has 5 nitrogen and oxygen atoms in total. The number of hydrogen-bond donors (Lipinski definition) is 1.